The number of hydrogen-bond acceptors (Lipinski definition) is 4. The molecule has 0 radical (unpaired) electrons. The van der Waals surface area contributed by atoms with Gasteiger partial charge in [0.05, 0.1) is 10.6 Å². The molecular weight excluding hydrogens is 283 g/mol. The van der Waals surface area contributed by atoms with E-state index in [1.54, 1.807) is 18.2 Å². The second-order valence-electron chi connectivity index (χ2n) is 4.10. The average Bonchev–Trinajstić information content (AvgIpc) is 2.88. The van der Waals surface area contributed by atoms with Crippen molar-refractivity contribution in [2.24, 2.45) is 0 Å². The average molecular weight is 291 g/mol. The summed E-state index contributed by atoms with van der Waals surface area (Å²) in [7, 11) is 0. The maximum atomic E-state index is 13.0. The van der Waals surface area contributed by atoms with Crippen LogP contribution in [0.5, 0.6) is 5.75 Å². The number of hydrogen-bond donors (Lipinski definition) is 1. The summed E-state index contributed by atoms with van der Waals surface area (Å²) in [6.45, 7) is 0. The van der Waals surface area contributed by atoms with Gasteiger partial charge in [0.15, 0.2) is 0 Å². The van der Waals surface area contributed by atoms with Crippen LogP contribution in [0, 0.1) is 5.82 Å². The van der Waals surface area contributed by atoms with Crippen molar-refractivity contribution in [3.63, 3.8) is 0 Å². The van der Waals surface area contributed by atoms with E-state index in [1.165, 1.54) is 24.3 Å². The zero-order chi connectivity index (χ0) is 14.1. The van der Waals surface area contributed by atoms with Gasteiger partial charge in [-0.25, -0.2) is 4.39 Å². The molecule has 0 unspecified atom stereocenters. The number of benzene rings is 2. The van der Waals surface area contributed by atoms with Crippen LogP contribution in [0.2, 0.25) is 5.02 Å². The predicted molar refractivity (Wildman–Crippen MR) is 71.8 cm³/mol. The third kappa shape index (κ3) is 2.35. The SMILES string of the molecule is Oc1cccc(-c2noc(-c3ccc(F)cc3Cl)n2)c1. The second-order valence-corrected chi connectivity index (χ2v) is 4.50. The molecule has 0 amide bonds. The van der Waals surface area contributed by atoms with Crippen LogP contribution in [-0.2, 0) is 0 Å². The van der Waals surface area contributed by atoms with Gasteiger partial charge in [-0.2, -0.15) is 4.98 Å². The van der Waals surface area contributed by atoms with Crippen molar-refractivity contribution in [3.05, 3.63) is 53.3 Å². The smallest absolute Gasteiger partial charge is 0.259 e. The van der Waals surface area contributed by atoms with E-state index in [0.29, 0.717) is 17.0 Å². The summed E-state index contributed by atoms with van der Waals surface area (Å²) >= 11 is 5.94. The third-order valence-corrected chi connectivity index (χ3v) is 3.00. The van der Waals surface area contributed by atoms with Crippen molar-refractivity contribution in [3.8, 4) is 28.6 Å². The number of aromatic nitrogens is 2. The Kier molecular flexibility index (Phi) is 3.12. The molecule has 1 N–H and O–H groups in total. The summed E-state index contributed by atoms with van der Waals surface area (Å²) in [5.41, 5.74) is 1.06. The van der Waals surface area contributed by atoms with Crippen molar-refractivity contribution >= 4 is 11.6 Å². The standard InChI is InChI=1S/C14H8ClFN2O2/c15-12-7-9(16)4-5-11(12)14-17-13(18-20-14)8-2-1-3-10(19)6-8/h1-7,19H. The van der Waals surface area contributed by atoms with Crippen LogP contribution in [0.3, 0.4) is 0 Å². The summed E-state index contributed by atoms with van der Waals surface area (Å²) in [6, 6.07) is 10.4. The first-order chi connectivity index (χ1) is 9.63. The van der Waals surface area contributed by atoms with Gasteiger partial charge in [-0.15, -0.1) is 0 Å². The molecule has 1 heterocycles. The van der Waals surface area contributed by atoms with E-state index in [9.17, 15) is 9.50 Å². The molecule has 0 aliphatic heterocycles. The third-order valence-electron chi connectivity index (χ3n) is 2.69. The predicted octanol–water partition coefficient (Wildman–Crippen LogP) is 3.90. The topological polar surface area (TPSA) is 59.2 Å². The fraction of sp³-hybridized carbons (Fsp3) is 0. The second kappa shape index (κ2) is 4.94. The van der Waals surface area contributed by atoms with Gasteiger partial charge in [0.2, 0.25) is 5.82 Å². The molecule has 4 nitrogen and oxygen atoms in total. The first-order valence-corrected chi connectivity index (χ1v) is 6.10. The van der Waals surface area contributed by atoms with E-state index < -0.39 is 5.82 Å². The zero-order valence-corrected chi connectivity index (χ0v) is 10.8. The molecule has 0 spiro atoms. The molecule has 0 saturated carbocycles. The minimum Gasteiger partial charge on any atom is -0.508 e. The molecule has 0 fully saturated rings. The highest BCUT2D eigenvalue weighted by molar-refractivity contribution is 6.33. The van der Waals surface area contributed by atoms with Crippen molar-refractivity contribution in [1.82, 2.24) is 10.1 Å². The molecule has 0 aliphatic rings. The van der Waals surface area contributed by atoms with Gasteiger partial charge in [0, 0.05) is 5.56 Å². The molecule has 2 aromatic carbocycles. The van der Waals surface area contributed by atoms with Crippen molar-refractivity contribution in [2.75, 3.05) is 0 Å². The van der Waals surface area contributed by atoms with E-state index >= 15 is 0 Å². The van der Waals surface area contributed by atoms with Gasteiger partial charge in [0.25, 0.3) is 5.89 Å². The summed E-state index contributed by atoms with van der Waals surface area (Å²) in [4.78, 5) is 4.19. The molecule has 100 valence electrons. The lowest BCUT2D eigenvalue weighted by Gasteiger charge is -1.97. The Bertz CT molecular complexity index is 773. The molecule has 0 saturated heterocycles. The van der Waals surface area contributed by atoms with E-state index in [4.69, 9.17) is 16.1 Å². The molecule has 0 aliphatic carbocycles. The summed E-state index contributed by atoms with van der Waals surface area (Å²) in [5, 5.41) is 13.4. The summed E-state index contributed by atoms with van der Waals surface area (Å²) in [6.07, 6.45) is 0. The fourth-order valence-electron chi connectivity index (χ4n) is 1.76. The van der Waals surface area contributed by atoms with Crippen LogP contribution in [-0.4, -0.2) is 15.2 Å². The monoisotopic (exact) mass is 290 g/mol. The zero-order valence-electron chi connectivity index (χ0n) is 10.0. The molecule has 3 aromatic rings. The van der Waals surface area contributed by atoms with Crippen LogP contribution in [0.15, 0.2) is 47.0 Å². The molecule has 20 heavy (non-hydrogen) atoms. The molecule has 1 aromatic heterocycles. The number of halogens is 2. The highest BCUT2D eigenvalue weighted by atomic mass is 35.5. The first kappa shape index (κ1) is 12.6. The summed E-state index contributed by atoms with van der Waals surface area (Å²) < 4.78 is 18.1. The van der Waals surface area contributed by atoms with E-state index in [1.807, 2.05) is 0 Å². The van der Waals surface area contributed by atoms with Gasteiger partial charge in [0.1, 0.15) is 11.6 Å². The highest BCUT2D eigenvalue weighted by Crippen LogP contribution is 2.29. The van der Waals surface area contributed by atoms with Crippen molar-refractivity contribution < 1.29 is 14.0 Å². The van der Waals surface area contributed by atoms with E-state index in [2.05, 4.69) is 10.1 Å². The van der Waals surface area contributed by atoms with Gasteiger partial charge in [-0.3, -0.25) is 0 Å². The van der Waals surface area contributed by atoms with E-state index in [0.717, 1.165) is 0 Å². The molecule has 0 bridgehead atoms. The minimum atomic E-state index is -0.438. The van der Waals surface area contributed by atoms with Crippen LogP contribution in [0.1, 0.15) is 0 Å². The number of nitrogens with zero attached hydrogens (tertiary/aromatic N) is 2. The number of phenolic OH excluding ortho intramolecular Hbond substituents is 1. The normalized spacial score (nSPS) is 10.7. The molecule has 0 atom stereocenters. The van der Waals surface area contributed by atoms with Gasteiger partial charge in [-0.1, -0.05) is 28.9 Å². The molecule has 6 heteroatoms. The maximum absolute atomic E-state index is 13.0. The minimum absolute atomic E-state index is 0.105. The maximum Gasteiger partial charge on any atom is 0.259 e. The van der Waals surface area contributed by atoms with Crippen LogP contribution in [0.4, 0.5) is 4.39 Å². The van der Waals surface area contributed by atoms with Crippen molar-refractivity contribution in [2.45, 2.75) is 0 Å². The molecule has 3 rings (SSSR count). The van der Waals surface area contributed by atoms with E-state index in [-0.39, 0.29) is 16.7 Å². The van der Waals surface area contributed by atoms with Gasteiger partial charge < -0.3 is 9.63 Å². The molecular formula is C14H8ClFN2O2. The first-order valence-electron chi connectivity index (χ1n) is 5.72. The van der Waals surface area contributed by atoms with Crippen LogP contribution >= 0.6 is 11.6 Å². The Morgan fingerprint density at radius 3 is 2.75 bits per heavy atom. The summed E-state index contributed by atoms with van der Waals surface area (Å²) in [5.74, 6) is 0.171. The van der Waals surface area contributed by atoms with Gasteiger partial charge >= 0.3 is 0 Å². The Morgan fingerprint density at radius 2 is 2.00 bits per heavy atom. The Labute approximate surface area is 118 Å². The fourth-order valence-corrected chi connectivity index (χ4v) is 2.01. The quantitative estimate of drug-likeness (QED) is 0.777. The lowest BCUT2D eigenvalue weighted by atomic mass is 10.2. The highest BCUT2D eigenvalue weighted by Gasteiger charge is 2.14. The van der Waals surface area contributed by atoms with Crippen LogP contribution in [0.25, 0.3) is 22.8 Å². The lowest BCUT2D eigenvalue weighted by molar-refractivity contribution is 0.432. The van der Waals surface area contributed by atoms with Crippen LogP contribution < -0.4 is 0 Å². The largest absolute Gasteiger partial charge is 0.508 e. The van der Waals surface area contributed by atoms with Crippen molar-refractivity contribution in [1.29, 1.82) is 0 Å². The lowest BCUT2D eigenvalue weighted by Crippen LogP contribution is -1.83. The Balaban J connectivity index is 2.02. The Morgan fingerprint density at radius 1 is 1.15 bits per heavy atom. The number of phenols is 1. The number of rotatable bonds is 2. The number of aromatic hydroxyl groups is 1. The van der Waals surface area contributed by atoms with Gasteiger partial charge in [-0.05, 0) is 30.3 Å². The Hall–Kier alpha value is -2.40.